The first-order valence-corrected chi connectivity index (χ1v) is 9.66. The van der Waals surface area contributed by atoms with E-state index in [4.69, 9.17) is 26.1 Å². The van der Waals surface area contributed by atoms with Gasteiger partial charge in [0.1, 0.15) is 11.5 Å². The minimum Gasteiger partial charge on any atom is -0.495 e. The maximum atomic E-state index is 13.3. The average molecular weight is 419 g/mol. The third-order valence-corrected chi connectivity index (χ3v) is 5.05. The summed E-state index contributed by atoms with van der Waals surface area (Å²) in [4.78, 5) is 18.0. The molecule has 0 fully saturated rings. The second kappa shape index (κ2) is 8.43. The summed E-state index contributed by atoms with van der Waals surface area (Å²) in [6.45, 7) is 0. The summed E-state index contributed by atoms with van der Waals surface area (Å²) >= 11 is 6.25. The van der Waals surface area contributed by atoms with E-state index in [0.717, 1.165) is 22.2 Å². The van der Waals surface area contributed by atoms with E-state index in [0.29, 0.717) is 27.8 Å². The van der Waals surface area contributed by atoms with Crippen molar-refractivity contribution in [1.82, 2.24) is 4.98 Å². The summed E-state index contributed by atoms with van der Waals surface area (Å²) < 4.78 is 10.6. The van der Waals surface area contributed by atoms with Gasteiger partial charge in [-0.2, -0.15) is 0 Å². The van der Waals surface area contributed by atoms with Gasteiger partial charge in [-0.05, 0) is 18.2 Å². The standard InChI is InChI=1S/C24H19ClN2O3/c1-29-22-14-23(30-2)21(13-18(22)25)27-24(28)17-12-20(15-8-4-3-5-9-15)26-19-11-7-6-10-16(17)19/h3-14H,1-2H3,(H,27,28). The largest absolute Gasteiger partial charge is 0.495 e. The number of para-hydroxylation sites is 1. The Kier molecular flexibility index (Phi) is 5.55. The van der Waals surface area contributed by atoms with Crippen LogP contribution in [0.2, 0.25) is 5.02 Å². The quantitative estimate of drug-likeness (QED) is 0.443. The molecule has 30 heavy (non-hydrogen) atoms. The molecule has 1 heterocycles. The molecule has 1 aromatic heterocycles. The molecular formula is C24H19ClN2O3. The van der Waals surface area contributed by atoms with Gasteiger partial charge in [0.25, 0.3) is 5.91 Å². The zero-order valence-corrected chi connectivity index (χ0v) is 17.2. The molecule has 1 N–H and O–H groups in total. The Hall–Kier alpha value is -3.57. The van der Waals surface area contributed by atoms with Crippen LogP contribution in [0.3, 0.4) is 0 Å². The number of halogens is 1. The van der Waals surface area contributed by atoms with Crippen molar-refractivity contribution in [3.05, 3.63) is 83.4 Å². The molecule has 0 radical (unpaired) electrons. The second-order valence-electron chi connectivity index (χ2n) is 6.58. The minimum absolute atomic E-state index is 0.287. The van der Waals surface area contributed by atoms with Crippen molar-refractivity contribution in [3.63, 3.8) is 0 Å². The predicted octanol–water partition coefficient (Wildman–Crippen LogP) is 5.82. The molecule has 5 nitrogen and oxygen atoms in total. The number of hydrogen-bond donors (Lipinski definition) is 1. The maximum absolute atomic E-state index is 13.3. The molecule has 0 saturated heterocycles. The number of carbonyl (C=O) groups excluding carboxylic acids is 1. The van der Waals surface area contributed by atoms with Crippen molar-refractivity contribution in [2.24, 2.45) is 0 Å². The van der Waals surface area contributed by atoms with Crippen molar-refractivity contribution < 1.29 is 14.3 Å². The highest BCUT2D eigenvalue weighted by atomic mass is 35.5. The SMILES string of the molecule is COc1cc(OC)c(NC(=O)c2cc(-c3ccccc3)nc3ccccc23)cc1Cl. The van der Waals surface area contributed by atoms with Gasteiger partial charge in [-0.25, -0.2) is 4.98 Å². The fourth-order valence-corrected chi connectivity index (χ4v) is 3.51. The maximum Gasteiger partial charge on any atom is 0.256 e. The van der Waals surface area contributed by atoms with E-state index in [9.17, 15) is 4.79 Å². The van der Waals surface area contributed by atoms with Crippen LogP contribution in [0.15, 0.2) is 72.8 Å². The van der Waals surface area contributed by atoms with Crippen molar-refractivity contribution in [2.45, 2.75) is 0 Å². The van der Waals surface area contributed by atoms with Gasteiger partial charge >= 0.3 is 0 Å². The van der Waals surface area contributed by atoms with E-state index in [2.05, 4.69) is 5.32 Å². The molecule has 0 aliphatic rings. The Bertz CT molecular complexity index is 1230. The lowest BCUT2D eigenvalue weighted by Gasteiger charge is -2.14. The van der Waals surface area contributed by atoms with E-state index < -0.39 is 0 Å². The summed E-state index contributed by atoms with van der Waals surface area (Å²) in [5.41, 5.74) is 3.36. The lowest BCUT2D eigenvalue weighted by molar-refractivity contribution is 0.102. The number of fused-ring (bicyclic) bond motifs is 1. The van der Waals surface area contributed by atoms with Crippen LogP contribution in [0.5, 0.6) is 11.5 Å². The van der Waals surface area contributed by atoms with E-state index >= 15 is 0 Å². The number of nitrogens with one attached hydrogen (secondary N) is 1. The summed E-state index contributed by atoms with van der Waals surface area (Å²) in [6, 6.07) is 22.3. The predicted molar refractivity (Wildman–Crippen MR) is 120 cm³/mol. The van der Waals surface area contributed by atoms with Crippen LogP contribution in [0, 0.1) is 0 Å². The molecular weight excluding hydrogens is 400 g/mol. The Morgan fingerprint density at radius 2 is 1.60 bits per heavy atom. The second-order valence-corrected chi connectivity index (χ2v) is 6.99. The zero-order valence-electron chi connectivity index (χ0n) is 16.5. The fourth-order valence-electron chi connectivity index (χ4n) is 3.27. The van der Waals surface area contributed by atoms with Crippen LogP contribution < -0.4 is 14.8 Å². The number of hydrogen-bond acceptors (Lipinski definition) is 4. The van der Waals surface area contributed by atoms with Crippen LogP contribution >= 0.6 is 11.6 Å². The topological polar surface area (TPSA) is 60.5 Å². The van der Waals surface area contributed by atoms with Gasteiger partial charge in [-0.3, -0.25) is 4.79 Å². The van der Waals surface area contributed by atoms with Gasteiger partial charge in [0.05, 0.1) is 41.7 Å². The number of benzene rings is 3. The number of pyridine rings is 1. The normalized spacial score (nSPS) is 10.6. The molecule has 0 aliphatic heterocycles. The number of amides is 1. The minimum atomic E-state index is -0.287. The molecule has 0 unspecified atom stereocenters. The van der Waals surface area contributed by atoms with E-state index in [1.165, 1.54) is 14.2 Å². The molecule has 0 atom stereocenters. The molecule has 4 aromatic rings. The van der Waals surface area contributed by atoms with Crippen LogP contribution in [0.4, 0.5) is 5.69 Å². The van der Waals surface area contributed by atoms with Crippen molar-refractivity contribution >= 4 is 34.1 Å². The molecule has 3 aromatic carbocycles. The highest BCUT2D eigenvalue weighted by molar-refractivity contribution is 6.32. The van der Waals surface area contributed by atoms with Gasteiger partial charge < -0.3 is 14.8 Å². The Morgan fingerprint density at radius 3 is 2.33 bits per heavy atom. The lowest BCUT2D eigenvalue weighted by atomic mass is 10.0. The van der Waals surface area contributed by atoms with Crippen LogP contribution in [-0.4, -0.2) is 25.1 Å². The average Bonchev–Trinajstić information content (AvgIpc) is 2.79. The highest BCUT2D eigenvalue weighted by Gasteiger charge is 2.17. The monoisotopic (exact) mass is 418 g/mol. The first-order chi connectivity index (χ1) is 14.6. The smallest absolute Gasteiger partial charge is 0.256 e. The van der Waals surface area contributed by atoms with Crippen molar-refractivity contribution in [2.75, 3.05) is 19.5 Å². The summed E-state index contributed by atoms with van der Waals surface area (Å²) in [6.07, 6.45) is 0. The van der Waals surface area contributed by atoms with Gasteiger partial charge in [0.2, 0.25) is 0 Å². The van der Waals surface area contributed by atoms with E-state index in [1.807, 2.05) is 54.6 Å². The lowest BCUT2D eigenvalue weighted by Crippen LogP contribution is -2.14. The molecule has 4 rings (SSSR count). The number of aromatic nitrogens is 1. The number of ether oxygens (including phenoxy) is 2. The number of nitrogens with zero attached hydrogens (tertiary/aromatic N) is 1. The van der Waals surface area contributed by atoms with Crippen LogP contribution in [0.1, 0.15) is 10.4 Å². The summed E-state index contributed by atoms with van der Waals surface area (Å²) in [7, 11) is 3.04. The molecule has 0 aliphatic carbocycles. The third kappa shape index (κ3) is 3.80. The molecule has 1 amide bonds. The van der Waals surface area contributed by atoms with Gasteiger partial charge in [-0.1, -0.05) is 60.1 Å². The van der Waals surface area contributed by atoms with Crippen LogP contribution in [-0.2, 0) is 0 Å². The Labute approximate surface area is 179 Å². The number of anilines is 1. The third-order valence-electron chi connectivity index (χ3n) is 4.75. The van der Waals surface area contributed by atoms with Gasteiger partial charge in [0, 0.05) is 17.0 Å². The molecule has 150 valence electrons. The van der Waals surface area contributed by atoms with Gasteiger partial charge in [0.15, 0.2) is 0 Å². The number of carbonyl (C=O) groups is 1. The molecule has 0 spiro atoms. The molecule has 6 heteroatoms. The van der Waals surface area contributed by atoms with Crippen LogP contribution in [0.25, 0.3) is 22.2 Å². The Morgan fingerprint density at radius 1 is 0.900 bits per heavy atom. The molecule has 0 saturated carbocycles. The first kappa shape index (κ1) is 19.7. The summed E-state index contributed by atoms with van der Waals surface area (Å²) in [5, 5.41) is 4.04. The Balaban J connectivity index is 1.79. The number of rotatable bonds is 5. The summed E-state index contributed by atoms with van der Waals surface area (Å²) in [5.74, 6) is 0.629. The van der Waals surface area contributed by atoms with Crippen molar-refractivity contribution in [3.8, 4) is 22.8 Å². The van der Waals surface area contributed by atoms with E-state index in [1.54, 1.807) is 18.2 Å². The van der Waals surface area contributed by atoms with Crippen molar-refractivity contribution in [1.29, 1.82) is 0 Å². The van der Waals surface area contributed by atoms with Gasteiger partial charge in [-0.15, -0.1) is 0 Å². The highest BCUT2D eigenvalue weighted by Crippen LogP contribution is 2.36. The number of methoxy groups -OCH3 is 2. The van der Waals surface area contributed by atoms with E-state index in [-0.39, 0.29) is 5.91 Å². The fraction of sp³-hybridized carbons (Fsp3) is 0.0833. The molecule has 0 bridgehead atoms. The first-order valence-electron chi connectivity index (χ1n) is 9.29. The zero-order chi connectivity index (χ0) is 21.1.